The Labute approximate surface area is 96.0 Å². The second-order valence-corrected chi connectivity index (χ2v) is 3.67. The van der Waals surface area contributed by atoms with Gasteiger partial charge in [-0.15, -0.1) is 0 Å². The topological polar surface area (TPSA) is 50.4 Å². The summed E-state index contributed by atoms with van der Waals surface area (Å²) >= 11 is 0. The number of methoxy groups -OCH3 is 1. The van der Waals surface area contributed by atoms with Gasteiger partial charge in [0, 0.05) is 19.3 Å². The molecule has 0 saturated heterocycles. The van der Waals surface area contributed by atoms with Crippen LogP contribution < -0.4 is 10.6 Å². The van der Waals surface area contributed by atoms with Crippen LogP contribution in [0.4, 0.5) is 10.5 Å². The Kier molecular flexibility index (Phi) is 4.79. The van der Waals surface area contributed by atoms with Crippen molar-refractivity contribution in [2.45, 2.75) is 13.8 Å². The summed E-state index contributed by atoms with van der Waals surface area (Å²) in [6, 6.07) is 5.61. The second kappa shape index (κ2) is 6.12. The Bertz CT molecular complexity index is 364. The molecule has 4 heteroatoms. The lowest BCUT2D eigenvalue weighted by atomic mass is 10.1. The third-order valence-corrected chi connectivity index (χ3v) is 2.36. The van der Waals surface area contributed by atoms with Crippen LogP contribution >= 0.6 is 0 Å². The van der Waals surface area contributed by atoms with E-state index in [0.717, 1.165) is 11.3 Å². The molecule has 0 bridgehead atoms. The number of amides is 2. The maximum absolute atomic E-state index is 11.4. The van der Waals surface area contributed by atoms with E-state index in [1.165, 1.54) is 5.56 Å². The molecule has 4 nitrogen and oxygen atoms in total. The molecule has 1 aromatic carbocycles. The number of ether oxygens (including phenoxy) is 1. The zero-order valence-corrected chi connectivity index (χ0v) is 9.96. The van der Waals surface area contributed by atoms with Crippen LogP contribution in [0.2, 0.25) is 0 Å². The molecule has 1 aromatic rings. The number of carbonyl (C=O) groups excluding carboxylic acids is 1. The molecule has 0 atom stereocenters. The van der Waals surface area contributed by atoms with Crippen LogP contribution in [-0.2, 0) is 4.74 Å². The number of aryl methyl sites for hydroxylation is 2. The first kappa shape index (κ1) is 12.5. The Morgan fingerprint density at radius 1 is 1.31 bits per heavy atom. The average Bonchev–Trinajstić information content (AvgIpc) is 2.24. The van der Waals surface area contributed by atoms with Crippen LogP contribution in [0.15, 0.2) is 18.2 Å². The highest BCUT2D eigenvalue weighted by molar-refractivity contribution is 5.89. The lowest BCUT2D eigenvalue weighted by Gasteiger charge is -2.08. The van der Waals surface area contributed by atoms with Crippen molar-refractivity contribution in [1.82, 2.24) is 5.32 Å². The Morgan fingerprint density at radius 3 is 2.69 bits per heavy atom. The van der Waals surface area contributed by atoms with Gasteiger partial charge in [0.1, 0.15) is 0 Å². The van der Waals surface area contributed by atoms with E-state index in [9.17, 15) is 4.79 Å². The molecule has 0 aliphatic heterocycles. The van der Waals surface area contributed by atoms with E-state index < -0.39 is 0 Å². The van der Waals surface area contributed by atoms with Crippen molar-refractivity contribution in [3.8, 4) is 0 Å². The zero-order valence-electron chi connectivity index (χ0n) is 9.96. The van der Waals surface area contributed by atoms with Crippen LogP contribution in [-0.4, -0.2) is 26.3 Å². The molecule has 16 heavy (non-hydrogen) atoms. The summed E-state index contributed by atoms with van der Waals surface area (Å²) in [5.74, 6) is 0. The summed E-state index contributed by atoms with van der Waals surface area (Å²) in [4.78, 5) is 11.4. The van der Waals surface area contributed by atoms with Crippen molar-refractivity contribution in [2.75, 3.05) is 25.6 Å². The lowest BCUT2D eigenvalue weighted by Crippen LogP contribution is -2.31. The van der Waals surface area contributed by atoms with Gasteiger partial charge in [-0.3, -0.25) is 0 Å². The van der Waals surface area contributed by atoms with Gasteiger partial charge in [-0.05, 0) is 37.1 Å². The van der Waals surface area contributed by atoms with E-state index in [0.29, 0.717) is 13.2 Å². The van der Waals surface area contributed by atoms with Crippen LogP contribution in [0.5, 0.6) is 0 Å². The molecule has 88 valence electrons. The summed E-state index contributed by atoms with van der Waals surface area (Å²) in [6.07, 6.45) is 0. The predicted molar refractivity (Wildman–Crippen MR) is 64.8 cm³/mol. The quantitative estimate of drug-likeness (QED) is 0.766. The summed E-state index contributed by atoms with van der Waals surface area (Å²) in [5.41, 5.74) is 3.18. The molecular weight excluding hydrogens is 204 g/mol. The molecule has 0 heterocycles. The van der Waals surface area contributed by atoms with Crippen LogP contribution in [0, 0.1) is 13.8 Å². The van der Waals surface area contributed by atoms with E-state index in [1.807, 2.05) is 32.0 Å². The van der Waals surface area contributed by atoms with Crippen molar-refractivity contribution in [2.24, 2.45) is 0 Å². The molecule has 2 N–H and O–H groups in total. The first-order valence-corrected chi connectivity index (χ1v) is 5.24. The first-order valence-electron chi connectivity index (χ1n) is 5.24. The maximum Gasteiger partial charge on any atom is 0.319 e. The average molecular weight is 222 g/mol. The molecular formula is C12H18N2O2. The fraction of sp³-hybridized carbons (Fsp3) is 0.417. The Balaban J connectivity index is 2.46. The molecule has 0 spiro atoms. The highest BCUT2D eigenvalue weighted by Crippen LogP contribution is 2.13. The monoisotopic (exact) mass is 222 g/mol. The third-order valence-electron chi connectivity index (χ3n) is 2.36. The molecule has 0 unspecified atom stereocenters. The van der Waals surface area contributed by atoms with Gasteiger partial charge < -0.3 is 15.4 Å². The number of nitrogens with one attached hydrogen (secondary N) is 2. The Morgan fingerprint density at radius 2 is 2.06 bits per heavy atom. The van der Waals surface area contributed by atoms with Crippen molar-refractivity contribution in [1.29, 1.82) is 0 Å². The fourth-order valence-corrected chi connectivity index (χ4v) is 1.26. The van der Waals surface area contributed by atoms with Crippen molar-refractivity contribution in [3.63, 3.8) is 0 Å². The number of carbonyl (C=O) groups is 1. The van der Waals surface area contributed by atoms with Gasteiger partial charge in [0.05, 0.1) is 6.61 Å². The van der Waals surface area contributed by atoms with Gasteiger partial charge in [-0.2, -0.15) is 0 Å². The number of hydrogen-bond donors (Lipinski definition) is 2. The third kappa shape index (κ3) is 3.90. The number of benzene rings is 1. The molecule has 0 saturated carbocycles. The molecule has 1 rings (SSSR count). The van der Waals surface area contributed by atoms with Gasteiger partial charge in [0.25, 0.3) is 0 Å². The van der Waals surface area contributed by atoms with Crippen LogP contribution in [0.25, 0.3) is 0 Å². The van der Waals surface area contributed by atoms with Gasteiger partial charge >= 0.3 is 6.03 Å². The smallest absolute Gasteiger partial charge is 0.319 e. The summed E-state index contributed by atoms with van der Waals surface area (Å²) in [6.45, 7) is 5.08. The van der Waals surface area contributed by atoms with Crippen LogP contribution in [0.1, 0.15) is 11.1 Å². The fourth-order valence-electron chi connectivity index (χ4n) is 1.26. The molecule has 0 aromatic heterocycles. The molecule has 0 aliphatic rings. The molecule has 0 fully saturated rings. The molecule has 2 amide bonds. The normalized spacial score (nSPS) is 9.94. The standard InChI is InChI=1S/C12H18N2O2/c1-9-4-5-11(8-10(9)2)14-12(15)13-6-7-16-3/h4-5,8H,6-7H2,1-3H3,(H2,13,14,15). The minimum absolute atomic E-state index is 0.208. The minimum atomic E-state index is -0.208. The van der Waals surface area contributed by atoms with Gasteiger partial charge in [0.2, 0.25) is 0 Å². The summed E-state index contributed by atoms with van der Waals surface area (Å²) in [5, 5.41) is 5.45. The van der Waals surface area contributed by atoms with Crippen LogP contribution in [0.3, 0.4) is 0 Å². The minimum Gasteiger partial charge on any atom is -0.383 e. The number of hydrogen-bond acceptors (Lipinski definition) is 2. The number of anilines is 1. The van der Waals surface area contributed by atoms with E-state index in [4.69, 9.17) is 4.74 Å². The summed E-state index contributed by atoms with van der Waals surface area (Å²) in [7, 11) is 1.60. The van der Waals surface area contributed by atoms with E-state index in [-0.39, 0.29) is 6.03 Å². The largest absolute Gasteiger partial charge is 0.383 e. The van der Waals surface area contributed by atoms with Gasteiger partial charge in [0.15, 0.2) is 0 Å². The van der Waals surface area contributed by atoms with Crippen molar-refractivity contribution in [3.05, 3.63) is 29.3 Å². The molecule has 0 aliphatic carbocycles. The van der Waals surface area contributed by atoms with Gasteiger partial charge in [-0.25, -0.2) is 4.79 Å². The predicted octanol–water partition coefficient (Wildman–Crippen LogP) is 2.07. The lowest BCUT2D eigenvalue weighted by molar-refractivity contribution is 0.198. The highest BCUT2D eigenvalue weighted by Gasteiger charge is 2.01. The number of rotatable bonds is 4. The van der Waals surface area contributed by atoms with Gasteiger partial charge in [-0.1, -0.05) is 6.07 Å². The van der Waals surface area contributed by atoms with Crippen molar-refractivity contribution < 1.29 is 9.53 Å². The second-order valence-electron chi connectivity index (χ2n) is 3.67. The molecule has 0 radical (unpaired) electrons. The summed E-state index contributed by atoms with van der Waals surface area (Å²) < 4.78 is 4.83. The highest BCUT2D eigenvalue weighted by atomic mass is 16.5. The van der Waals surface area contributed by atoms with E-state index in [2.05, 4.69) is 10.6 Å². The Hall–Kier alpha value is -1.55. The SMILES string of the molecule is COCCNC(=O)Nc1ccc(C)c(C)c1. The number of urea groups is 1. The zero-order chi connectivity index (χ0) is 12.0. The van der Waals surface area contributed by atoms with E-state index >= 15 is 0 Å². The maximum atomic E-state index is 11.4. The van der Waals surface area contributed by atoms with Crippen molar-refractivity contribution >= 4 is 11.7 Å². The first-order chi connectivity index (χ1) is 7.63. The van der Waals surface area contributed by atoms with E-state index in [1.54, 1.807) is 7.11 Å².